The van der Waals surface area contributed by atoms with Crippen LogP contribution in [0.2, 0.25) is 0 Å². The van der Waals surface area contributed by atoms with Crippen LogP contribution < -0.4 is 20.7 Å². The number of nitrogens with one attached hydrogen (secondary N) is 3. The summed E-state index contributed by atoms with van der Waals surface area (Å²) >= 11 is 0. The highest BCUT2D eigenvalue weighted by molar-refractivity contribution is 5.97. The van der Waals surface area contributed by atoms with Crippen molar-refractivity contribution in [3.8, 4) is 5.75 Å². The zero-order chi connectivity index (χ0) is 24.4. The van der Waals surface area contributed by atoms with Crippen LogP contribution >= 0.6 is 0 Å². The third kappa shape index (κ3) is 8.62. The van der Waals surface area contributed by atoms with Crippen LogP contribution in [0.3, 0.4) is 0 Å². The summed E-state index contributed by atoms with van der Waals surface area (Å²) in [4.78, 5) is 24.5. The summed E-state index contributed by atoms with van der Waals surface area (Å²) < 4.78 is 5.80. The first-order valence-corrected chi connectivity index (χ1v) is 11.5. The summed E-state index contributed by atoms with van der Waals surface area (Å²) in [5, 5.41) is 8.85. The summed E-state index contributed by atoms with van der Waals surface area (Å²) in [7, 11) is 0. The Balaban J connectivity index is 1.37. The molecule has 3 aromatic rings. The van der Waals surface area contributed by atoms with Crippen molar-refractivity contribution in [3.05, 3.63) is 90.0 Å². The van der Waals surface area contributed by atoms with Crippen LogP contribution in [0.15, 0.2) is 78.9 Å². The monoisotopic (exact) mass is 459 g/mol. The van der Waals surface area contributed by atoms with Gasteiger partial charge >= 0.3 is 0 Å². The average molecular weight is 460 g/mol. The predicted molar refractivity (Wildman–Crippen MR) is 137 cm³/mol. The second-order valence-corrected chi connectivity index (χ2v) is 9.15. The van der Waals surface area contributed by atoms with Gasteiger partial charge in [0.2, 0.25) is 5.91 Å². The van der Waals surface area contributed by atoms with Crippen molar-refractivity contribution in [1.82, 2.24) is 5.32 Å². The van der Waals surface area contributed by atoms with Crippen molar-refractivity contribution in [2.45, 2.75) is 39.2 Å². The number of hydrogen-bond donors (Lipinski definition) is 3. The molecule has 0 aromatic heterocycles. The first kappa shape index (κ1) is 24.8. The molecule has 0 aliphatic rings. The summed E-state index contributed by atoms with van der Waals surface area (Å²) in [6.45, 7) is 6.57. The van der Waals surface area contributed by atoms with Gasteiger partial charge in [-0.3, -0.25) is 9.59 Å². The molecule has 3 rings (SSSR count). The molecule has 6 heteroatoms. The minimum Gasteiger partial charge on any atom is -0.494 e. The second kappa shape index (κ2) is 11.9. The Kier molecular flexibility index (Phi) is 8.68. The van der Waals surface area contributed by atoms with Gasteiger partial charge in [-0.25, -0.2) is 0 Å². The summed E-state index contributed by atoms with van der Waals surface area (Å²) in [6.07, 6.45) is 1.94. The van der Waals surface area contributed by atoms with Gasteiger partial charge < -0.3 is 20.7 Å². The fourth-order valence-corrected chi connectivity index (χ4v) is 3.29. The molecule has 0 unspecified atom stereocenters. The van der Waals surface area contributed by atoms with E-state index in [4.69, 9.17) is 4.74 Å². The van der Waals surface area contributed by atoms with E-state index in [9.17, 15) is 9.59 Å². The lowest BCUT2D eigenvalue weighted by atomic mass is 10.1. The highest BCUT2D eigenvalue weighted by Crippen LogP contribution is 2.16. The molecule has 0 atom stereocenters. The zero-order valence-corrected chi connectivity index (χ0v) is 20.1. The van der Waals surface area contributed by atoms with Gasteiger partial charge in [0.25, 0.3) is 5.91 Å². The number of amides is 2. The minimum absolute atomic E-state index is 0.129. The highest BCUT2D eigenvalue weighted by Gasteiger charge is 2.15. The highest BCUT2D eigenvalue weighted by atomic mass is 16.5. The van der Waals surface area contributed by atoms with Gasteiger partial charge in [-0.1, -0.05) is 30.3 Å². The third-order valence-electron chi connectivity index (χ3n) is 4.95. The molecule has 0 fully saturated rings. The molecule has 34 heavy (non-hydrogen) atoms. The SMILES string of the molecule is CC(C)(C)NC(=O)c1ccc(NC(=O)CNc2ccc(OCCCc3ccccc3)cc2)cc1. The van der Waals surface area contributed by atoms with Gasteiger partial charge in [-0.2, -0.15) is 0 Å². The van der Waals surface area contributed by atoms with Crippen LogP contribution in [0.4, 0.5) is 11.4 Å². The number of aryl methyl sites for hydroxylation is 1. The number of benzene rings is 3. The maximum absolute atomic E-state index is 12.3. The maximum atomic E-state index is 12.3. The molecule has 3 N–H and O–H groups in total. The van der Waals surface area contributed by atoms with Crippen LogP contribution in [-0.2, 0) is 11.2 Å². The lowest BCUT2D eigenvalue weighted by Gasteiger charge is -2.20. The van der Waals surface area contributed by atoms with E-state index in [2.05, 4.69) is 28.1 Å². The molecular formula is C28H33N3O3. The fraction of sp³-hybridized carbons (Fsp3) is 0.286. The first-order chi connectivity index (χ1) is 16.3. The second-order valence-electron chi connectivity index (χ2n) is 9.15. The summed E-state index contributed by atoms with van der Waals surface area (Å²) in [5.41, 5.74) is 3.03. The van der Waals surface area contributed by atoms with Gasteiger partial charge in [0, 0.05) is 22.5 Å². The largest absolute Gasteiger partial charge is 0.494 e. The summed E-state index contributed by atoms with van der Waals surface area (Å²) in [5.74, 6) is 0.488. The molecule has 178 valence electrons. The number of hydrogen-bond acceptors (Lipinski definition) is 4. The Morgan fingerprint density at radius 2 is 1.47 bits per heavy atom. The number of rotatable bonds is 10. The summed E-state index contributed by atoms with van der Waals surface area (Å²) in [6, 6.07) is 24.8. The van der Waals surface area contributed by atoms with E-state index in [1.54, 1.807) is 24.3 Å². The van der Waals surface area contributed by atoms with Crippen LogP contribution in [0.1, 0.15) is 43.1 Å². The predicted octanol–water partition coefficient (Wildman–Crippen LogP) is 5.28. The molecular weight excluding hydrogens is 426 g/mol. The van der Waals surface area contributed by atoms with Crippen molar-refractivity contribution in [2.75, 3.05) is 23.8 Å². The van der Waals surface area contributed by atoms with Crippen molar-refractivity contribution in [2.24, 2.45) is 0 Å². The van der Waals surface area contributed by atoms with E-state index in [1.807, 2.05) is 63.2 Å². The first-order valence-electron chi connectivity index (χ1n) is 11.5. The van der Waals surface area contributed by atoms with Crippen LogP contribution in [-0.4, -0.2) is 30.5 Å². The lowest BCUT2D eigenvalue weighted by Crippen LogP contribution is -2.40. The Bertz CT molecular complexity index is 1060. The normalized spacial score (nSPS) is 10.9. The van der Waals surface area contributed by atoms with Crippen LogP contribution in [0.25, 0.3) is 0 Å². The Morgan fingerprint density at radius 1 is 0.824 bits per heavy atom. The minimum atomic E-state index is -0.303. The molecule has 0 heterocycles. The van der Waals surface area contributed by atoms with E-state index < -0.39 is 0 Å². The Morgan fingerprint density at radius 3 is 2.12 bits per heavy atom. The molecule has 0 bridgehead atoms. The van der Waals surface area contributed by atoms with Crippen molar-refractivity contribution < 1.29 is 14.3 Å². The molecule has 3 aromatic carbocycles. The van der Waals surface area contributed by atoms with E-state index in [1.165, 1.54) is 5.56 Å². The van der Waals surface area contributed by atoms with E-state index >= 15 is 0 Å². The van der Waals surface area contributed by atoms with Gasteiger partial charge in [-0.15, -0.1) is 0 Å². The molecule has 2 amide bonds. The molecule has 6 nitrogen and oxygen atoms in total. The van der Waals surface area contributed by atoms with E-state index in [0.29, 0.717) is 17.9 Å². The molecule has 0 aliphatic carbocycles. The zero-order valence-electron chi connectivity index (χ0n) is 20.1. The number of carbonyl (C=O) groups excluding carboxylic acids is 2. The third-order valence-corrected chi connectivity index (χ3v) is 4.95. The standard InChI is InChI=1S/C28H33N3O3/c1-28(2,3)31-27(33)22-11-13-24(14-12-22)30-26(32)20-29-23-15-17-25(18-16-23)34-19-7-10-21-8-5-4-6-9-21/h4-6,8-9,11-18,29H,7,10,19-20H2,1-3H3,(H,30,32)(H,31,33). The van der Waals surface area contributed by atoms with Gasteiger partial charge in [-0.05, 0) is 87.7 Å². The van der Waals surface area contributed by atoms with E-state index in [0.717, 1.165) is 24.3 Å². The fourth-order valence-electron chi connectivity index (χ4n) is 3.29. The number of anilines is 2. The number of carbonyl (C=O) groups is 2. The van der Waals surface area contributed by atoms with Gasteiger partial charge in [0.05, 0.1) is 13.2 Å². The molecule has 0 saturated heterocycles. The van der Waals surface area contributed by atoms with Gasteiger partial charge in [0.15, 0.2) is 0 Å². The quantitative estimate of drug-likeness (QED) is 0.361. The Labute approximate surface area is 201 Å². The topological polar surface area (TPSA) is 79.5 Å². The van der Waals surface area contributed by atoms with Crippen molar-refractivity contribution >= 4 is 23.2 Å². The van der Waals surface area contributed by atoms with Gasteiger partial charge in [0.1, 0.15) is 5.75 Å². The van der Waals surface area contributed by atoms with Crippen molar-refractivity contribution in [3.63, 3.8) is 0 Å². The van der Waals surface area contributed by atoms with Crippen LogP contribution in [0, 0.1) is 0 Å². The average Bonchev–Trinajstić information content (AvgIpc) is 2.81. The van der Waals surface area contributed by atoms with Crippen LogP contribution in [0.5, 0.6) is 5.75 Å². The molecule has 0 radical (unpaired) electrons. The maximum Gasteiger partial charge on any atom is 0.251 e. The molecule has 0 saturated carbocycles. The lowest BCUT2D eigenvalue weighted by molar-refractivity contribution is -0.114. The smallest absolute Gasteiger partial charge is 0.251 e. The molecule has 0 spiro atoms. The molecule has 0 aliphatic heterocycles. The van der Waals surface area contributed by atoms with E-state index in [-0.39, 0.29) is 23.9 Å². The Hall–Kier alpha value is -3.80. The van der Waals surface area contributed by atoms with Crippen molar-refractivity contribution in [1.29, 1.82) is 0 Å². The number of ether oxygens (including phenoxy) is 1.